The van der Waals surface area contributed by atoms with Crippen LogP contribution in [0.1, 0.15) is 20.8 Å². The Morgan fingerprint density at radius 2 is 1.72 bits per heavy atom. The zero-order valence-electron chi connectivity index (χ0n) is 14.0. The van der Waals surface area contributed by atoms with Crippen molar-refractivity contribution in [2.75, 3.05) is 6.61 Å². The highest BCUT2D eigenvalue weighted by atomic mass is 35.5. The van der Waals surface area contributed by atoms with Gasteiger partial charge < -0.3 is 14.2 Å². The lowest BCUT2D eigenvalue weighted by atomic mass is 10.1. The molecule has 1 aromatic rings. The predicted octanol–water partition coefficient (Wildman–Crippen LogP) is 3.29. The fourth-order valence-corrected chi connectivity index (χ4v) is 2.07. The van der Waals surface area contributed by atoms with Crippen molar-refractivity contribution in [3.8, 4) is 5.75 Å². The first kappa shape index (κ1) is 21.0. The lowest BCUT2D eigenvalue weighted by Crippen LogP contribution is -2.35. The Morgan fingerprint density at radius 1 is 1.12 bits per heavy atom. The first-order valence-electron chi connectivity index (χ1n) is 7.36. The molecule has 0 heterocycles. The van der Waals surface area contributed by atoms with E-state index in [9.17, 15) is 14.4 Å². The van der Waals surface area contributed by atoms with Crippen LogP contribution in [-0.4, -0.2) is 36.0 Å². The Morgan fingerprint density at radius 3 is 2.24 bits per heavy atom. The van der Waals surface area contributed by atoms with Gasteiger partial charge in [0.2, 0.25) is 6.10 Å². The molecule has 0 aliphatic carbocycles. The van der Waals surface area contributed by atoms with E-state index in [2.05, 4.69) is 0 Å². The number of benzene rings is 1. The predicted molar refractivity (Wildman–Crippen MR) is 92.7 cm³/mol. The van der Waals surface area contributed by atoms with Crippen molar-refractivity contribution >= 4 is 40.9 Å². The number of allylic oxidation sites excluding steroid dienone is 1. The van der Waals surface area contributed by atoms with Crippen LogP contribution in [-0.2, 0) is 23.9 Å². The van der Waals surface area contributed by atoms with E-state index in [0.29, 0.717) is 10.8 Å². The SMILES string of the molecule is CCOC(=O)C(OC(=O)C(Cl)Oc1ccc(Cl)cc1)C(C)=CC(C)=O. The van der Waals surface area contributed by atoms with Crippen LogP contribution in [0.4, 0.5) is 0 Å². The van der Waals surface area contributed by atoms with E-state index < -0.39 is 23.6 Å². The molecule has 0 aliphatic rings. The topological polar surface area (TPSA) is 78.9 Å². The molecule has 8 heteroatoms. The van der Waals surface area contributed by atoms with Gasteiger partial charge in [-0.2, -0.15) is 0 Å². The summed E-state index contributed by atoms with van der Waals surface area (Å²) in [5, 5.41) is 0.494. The third-order valence-corrected chi connectivity index (χ3v) is 3.34. The number of carbonyl (C=O) groups excluding carboxylic acids is 3. The van der Waals surface area contributed by atoms with Gasteiger partial charge in [-0.3, -0.25) is 4.79 Å². The average molecular weight is 389 g/mol. The van der Waals surface area contributed by atoms with Gasteiger partial charge in [0, 0.05) is 5.02 Å². The largest absolute Gasteiger partial charge is 0.463 e. The summed E-state index contributed by atoms with van der Waals surface area (Å²) in [5.74, 6) is -1.81. The molecule has 0 spiro atoms. The van der Waals surface area contributed by atoms with Crippen LogP contribution >= 0.6 is 23.2 Å². The monoisotopic (exact) mass is 388 g/mol. The van der Waals surface area contributed by atoms with Crippen molar-refractivity contribution in [1.82, 2.24) is 0 Å². The Bertz CT molecular complexity index is 654. The first-order chi connectivity index (χ1) is 11.7. The highest BCUT2D eigenvalue weighted by Gasteiger charge is 2.30. The second-order valence-electron chi connectivity index (χ2n) is 4.96. The van der Waals surface area contributed by atoms with E-state index in [-0.39, 0.29) is 18.0 Å². The number of carbonyl (C=O) groups is 3. The third-order valence-electron chi connectivity index (χ3n) is 2.82. The molecule has 2 atom stereocenters. The fraction of sp³-hybridized carbons (Fsp3) is 0.353. The molecule has 0 amide bonds. The van der Waals surface area contributed by atoms with E-state index >= 15 is 0 Å². The molecule has 0 bridgehead atoms. The van der Waals surface area contributed by atoms with Crippen LogP contribution in [0.2, 0.25) is 5.02 Å². The van der Waals surface area contributed by atoms with Crippen LogP contribution in [0.3, 0.4) is 0 Å². The standard InChI is InChI=1S/C17H18Cl2O6/c1-4-23-16(21)14(10(2)9-11(3)20)25-17(22)15(19)24-13-7-5-12(18)6-8-13/h5-9,14-15H,4H2,1-3H3. The summed E-state index contributed by atoms with van der Waals surface area (Å²) < 4.78 is 15.1. The van der Waals surface area contributed by atoms with Gasteiger partial charge in [0.1, 0.15) is 5.75 Å². The van der Waals surface area contributed by atoms with Crippen molar-refractivity contribution < 1.29 is 28.6 Å². The molecule has 2 unspecified atom stereocenters. The third kappa shape index (κ3) is 7.15. The van der Waals surface area contributed by atoms with E-state index in [1.165, 1.54) is 32.1 Å². The van der Waals surface area contributed by atoms with Gasteiger partial charge in [0.25, 0.3) is 5.56 Å². The van der Waals surface area contributed by atoms with Crippen molar-refractivity contribution in [3.63, 3.8) is 0 Å². The van der Waals surface area contributed by atoms with Crippen LogP contribution in [0.15, 0.2) is 35.9 Å². The number of hydrogen-bond acceptors (Lipinski definition) is 6. The molecule has 25 heavy (non-hydrogen) atoms. The van der Waals surface area contributed by atoms with Gasteiger partial charge >= 0.3 is 11.9 Å². The number of halogens is 2. The average Bonchev–Trinajstić information content (AvgIpc) is 2.53. The summed E-state index contributed by atoms with van der Waals surface area (Å²) in [6, 6.07) is 6.17. The highest BCUT2D eigenvalue weighted by Crippen LogP contribution is 2.19. The zero-order chi connectivity index (χ0) is 19.0. The maximum atomic E-state index is 12.1. The van der Waals surface area contributed by atoms with Crippen molar-refractivity contribution in [3.05, 3.63) is 40.9 Å². The maximum absolute atomic E-state index is 12.1. The molecular formula is C17H18Cl2O6. The second-order valence-corrected chi connectivity index (χ2v) is 5.79. The lowest BCUT2D eigenvalue weighted by molar-refractivity contribution is -0.167. The van der Waals surface area contributed by atoms with Gasteiger partial charge in [-0.15, -0.1) is 0 Å². The molecule has 0 aliphatic heterocycles. The van der Waals surface area contributed by atoms with E-state index in [1.807, 2.05) is 0 Å². The lowest BCUT2D eigenvalue weighted by Gasteiger charge is -2.19. The maximum Gasteiger partial charge on any atom is 0.364 e. The molecule has 136 valence electrons. The van der Waals surface area contributed by atoms with Crippen molar-refractivity contribution in [2.24, 2.45) is 0 Å². The van der Waals surface area contributed by atoms with Gasteiger partial charge in [-0.1, -0.05) is 23.2 Å². The van der Waals surface area contributed by atoms with Crippen LogP contribution in [0.5, 0.6) is 5.75 Å². The normalized spacial score (nSPS) is 13.6. The van der Waals surface area contributed by atoms with Crippen LogP contribution < -0.4 is 4.74 Å². The van der Waals surface area contributed by atoms with Crippen LogP contribution in [0, 0.1) is 0 Å². The van der Waals surface area contributed by atoms with E-state index in [0.717, 1.165) is 0 Å². The number of ether oxygens (including phenoxy) is 3. The Hall–Kier alpha value is -2.05. The molecule has 0 saturated carbocycles. The summed E-state index contributed by atoms with van der Waals surface area (Å²) in [7, 11) is 0. The molecule has 0 aromatic heterocycles. The summed E-state index contributed by atoms with van der Waals surface area (Å²) in [6.07, 6.45) is -0.204. The molecule has 0 fully saturated rings. The smallest absolute Gasteiger partial charge is 0.364 e. The van der Waals surface area contributed by atoms with Gasteiger partial charge in [0.05, 0.1) is 6.61 Å². The Kier molecular flexibility index (Phi) is 8.45. The summed E-state index contributed by atoms with van der Waals surface area (Å²) in [6.45, 7) is 4.47. The Balaban J connectivity index is 2.83. The first-order valence-corrected chi connectivity index (χ1v) is 8.18. The van der Waals surface area contributed by atoms with Gasteiger partial charge in [-0.25, -0.2) is 9.59 Å². The van der Waals surface area contributed by atoms with Gasteiger partial charge in [0.15, 0.2) is 5.78 Å². The summed E-state index contributed by atoms with van der Waals surface area (Å²) in [5.41, 5.74) is -1.28. The highest BCUT2D eigenvalue weighted by molar-refractivity contribution is 6.30. The number of ketones is 1. The van der Waals surface area contributed by atoms with Crippen molar-refractivity contribution in [2.45, 2.75) is 32.4 Å². The molecule has 0 N–H and O–H groups in total. The molecule has 1 aromatic carbocycles. The number of hydrogen-bond donors (Lipinski definition) is 0. The second kappa shape index (κ2) is 10.1. The minimum Gasteiger partial charge on any atom is -0.463 e. The molecule has 0 radical (unpaired) electrons. The number of esters is 2. The summed E-state index contributed by atoms with van der Waals surface area (Å²) >= 11 is 11.6. The van der Waals surface area contributed by atoms with E-state index in [1.54, 1.807) is 19.1 Å². The zero-order valence-corrected chi connectivity index (χ0v) is 15.5. The fourth-order valence-electron chi connectivity index (χ4n) is 1.79. The Labute approximate surface area is 155 Å². The minimum absolute atomic E-state index is 0.0891. The van der Waals surface area contributed by atoms with Crippen molar-refractivity contribution in [1.29, 1.82) is 0 Å². The molecule has 6 nitrogen and oxygen atoms in total. The summed E-state index contributed by atoms with van der Waals surface area (Å²) in [4.78, 5) is 35.3. The molecular weight excluding hydrogens is 371 g/mol. The quantitative estimate of drug-likeness (QED) is 0.386. The molecule has 1 rings (SSSR count). The van der Waals surface area contributed by atoms with Crippen LogP contribution in [0.25, 0.3) is 0 Å². The number of alkyl halides is 1. The molecule has 0 saturated heterocycles. The van der Waals surface area contributed by atoms with E-state index in [4.69, 9.17) is 37.4 Å². The van der Waals surface area contributed by atoms with Gasteiger partial charge in [-0.05, 0) is 56.7 Å². The minimum atomic E-state index is -1.50. The number of rotatable bonds is 8.